The molecule has 0 fully saturated rings. The fourth-order valence-electron chi connectivity index (χ4n) is 5.54. The maximum atomic E-state index is 12.8. The van der Waals surface area contributed by atoms with Crippen LogP contribution in [0.15, 0.2) is 131 Å². The Labute approximate surface area is 290 Å². The molecule has 0 saturated carbocycles. The van der Waals surface area contributed by atoms with Crippen molar-refractivity contribution in [3.05, 3.63) is 154 Å². The van der Waals surface area contributed by atoms with Crippen molar-refractivity contribution in [2.24, 2.45) is 0 Å². The van der Waals surface area contributed by atoms with Gasteiger partial charge in [-0.05, 0) is 64.1 Å². The predicted molar refractivity (Wildman–Crippen MR) is 201 cm³/mol. The molecule has 0 atom stereocenters. The van der Waals surface area contributed by atoms with Crippen molar-refractivity contribution < 1.29 is 0 Å². The first kappa shape index (κ1) is 33.5. The zero-order valence-corrected chi connectivity index (χ0v) is 28.5. The molecule has 10 nitrogen and oxygen atoms in total. The van der Waals surface area contributed by atoms with Gasteiger partial charge < -0.3 is 10.6 Å². The number of aryl methyl sites for hydroxylation is 4. The quantitative estimate of drug-likeness (QED) is 0.169. The normalized spacial score (nSPS) is 10.7. The van der Waals surface area contributed by atoms with Gasteiger partial charge in [-0.25, -0.2) is 9.36 Å². The number of fused-ring (bicyclic) bond motifs is 1. The minimum absolute atomic E-state index is 0.146. The predicted octanol–water partition coefficient (Wildman–Crippen LogP) is 7.91. The minimum atomic E-state index is -0.151. The summed E-state index contributed by atoms with van der Waals surface area (Å²) in [5, 5.41) is 17.4. The van der Waals surface area contributed by atoms with Crippen LogP contribution in [0.2, 0.25) is 0 Å². The lowest BCUT2D eigenvalue weighted by Gasteiger charge is -2.13. The SMILES string of the molecule is CCn1nc(-c2cccc(C)c2)cc(Nc2cccnc2)c1=O.CCn1nc(-c2cccc(C)c2)cc(Nc2cncc3ccccc23)c1=O. The Morgan fingerprint density at radius 2 is 1.18 bits per heavy atom. The molecule has 0 amide bonds. The minimum Gasteiger partial charge on any atom is -0.350 e. The molecule has 0 saturated heterocycles. The summed E-state index contributed by atoms with van der Waals surface area (Å²) in [5.41, 5.74) is 8.05. The van der Waals surface area contributed by atoms with Gasteiger partial charge in [-0.2, -0.15) is 10.2 Å². The van der Waals surface area contributed by atoms with E-state index >= 15 is 0 Å². The second kappa shape index (κ2) is 15.2. The maximum absolute atomic E-state index is 12.8. The zero-order chi connectivity index (χ0) is 35.0. The average Bonchev–Trinajstić information content (AvgIpc) is 3.14. The first-order chi connectivity index (χ1) is 24.3. The van der Waals surface area contributed by atoms with Crippen LogP contribution in [0.3, 0.4) is 0 Å². The highest BCUT2D eigenvalue weighted by Gasteiger charge is 2.12. The van der Waals surface area contributed by atoms with E-state index in [0.717, 1.165) is 55.8 Å². The number of rotatable bonds is 8. The number of aromatic nitrogens is 6. The van der Waals surface area contributed by atoms with Gasteiger partial charge in [0.05, 0.1) is 35.2 Å². The summed E-state index contributed by atoms with van der Waals surface area (Å²) in [4.78, 5) is 33.6. The molecule has 7 rings (SSSR count). The van der Waals surface area contributed by atoms with Crippen molar-refractivity contribution in [1.29, 1.82) is 0 Å². The van der Waals surface area contributed by atoms with Gasteiger partial charge in [-0.3, -0.25) is 19.6 Å². The van der Waals surface area contributed by atoms with E-state index in [1.165, 1.54) is 9.36 Å². The Kier molecular flexibility index (Phi) is 10.2. The molecule has 250 valence electrons. The second-order valence-corrected chi connectivity index (χ2v) is 11.8. The Bertz CT molecular complexity index is 2380. The summed E-state index contributed by atoms with van der Waals surface area (Å²) < 4.78 is 2.95. The van der Waals surface area contributed by atoms with E-state index in [9.17, 15) is 9.59 Å². The van der Waals surface area contributed by atoms with E-state index in [2.05, 4.69) is 42.9 Å². The Morgan fingerprint density at radius 3 is 1.74 bits per heavy atom. The standard InChI is InChI=1S/C22H20N4O.C18H18N4O/c1-3-26-22(27)20(12-19(25-26)16-9-6-7-15(2)11-16)24-21-14-23-13-17-8-4-5-10-18(17)21;1-3-22-18(23)17(20-15-8-5-9-19-12-15)11-16(21-22)14-7-4-6-13(2)10-14/h4-14,24H,3H2,1-2H3;4-12,20H,3H2,1-2H3. The molecule has 4 heterocycles. The van der Waals surface area contributed by atoms with Gasteiger partial charge in [0.2, 0.25) is 0 Å². The molecular weight excluding hydrogens is 624 g/mol. The van der Waals surface area contributed by atoms with Crippen LogP contribution in [0.4, 0.5) is 22.7 Å². The molecule has 0 unspecified atom stereocenters. The Hall–Kier alpha value is -6.42. The highest BCUT2D eigenvalue weighted by molar-refractivity contribution is 5.94. The molecule has 2 N–H and O–H groups in total. The Balaban J connectivity index is 0.000000175. The molecule has 0 radical (unpaired) electrons. The number of hydrogen-bond donors (Lipinski definition) is 2. The topological polar surface area (TPSA) is 120 Å². The lowest BCUT2D eigenvalue weighted by Crippen LogP contribution is -2.24. The molecule has 3 aromatic carbocycles. The molecular formula is C40H38N8O2. The van der Waals surface area contributed by atoms with Crippen LogP contribution in [-0.4, -0.2) is 29.5 Å². The van der Waals surface area contributed by atoms with Crippen LogP contribution in [0.25, 0.3) is 33.3 Å². The van der Waals surface area contributed by atoms with E-state index in [1.807, 2.05) is 113 Å². The second-order valence-electron chi connectivity index (χ2n) is 11.8. The first-order valence-corrected chi connectivity index (χ1v) is 16.5. The summed E-state index contributed by atoms with van der Waals surface area (Å²) in [5.74, 6) is 0. The van der Waals surface area contributed by atoms with Gasteiger partial charge in [0.25, 0.3) is 11.1 Å². The molecule has 4 aromatic heterocycles. The molecule has 10 heteroatoms. The van der Waals surface area contributed by atoms with Gasteiger partial charge in [-0.15, -0.1) is 0 Å². The molecule has 0 aliphatic carbocycles. The lowest BCUT2D eigenvalue weighted by atomic mass is 10.1. The summed E-state index contributed by atoms with van der Waals surface area (Å²) in [6, 6.07) is 31.4. The van der Waals surface area contributed by atoms with Crippen molar-refractivity contribution >= 4 is 33.5 Å². The molecule has 0 bridgehead atoms. The summed E-state index contributed by atoms with van der Waals surface area (Å²) in [6.07, 6.45) is 6.93. The smallest absolute Gasteiger partial charge is 0.290 e. The third kappa shape index (κ3) is 7.65. The third-order valence-electron chi connectivity index (χ3n) is 8.05. The summed E-state index contributed by atoms with van der Waals surface area (Å²) >= 11 is 0. The van der Waals surface area contributed by atoms with E-state index in [-0.39, 0.29) is 11.1 Å². The van der Waals surface area contributed by atoms with Gasteiger partial charge in [-0.1, -0.05) is 71.8 Å². The molecule has 0 spiro atoms. The van der Waals surface area contributed by atoms with Crippen molar-refractivity contribution in [3.8, 4) is 22.5 Å². The summed E-state index contributed by atoms with van der Waals surface area (Å²) in [6.45, 7) is 8.91. The van der Waals surface area contributed by atoms with E-state index in [1.54, 1.807) is 24.7 Å². The lowest BCUT2D eigenvalue weighted by molar-refractivity contribution is 0.621. The number of nitrogens with one attached hydrogen (secondary N) is 2. The number of anilines is 4. The van der Waals surface area contributed by atoms with Gasteiger partial charge >= 0.3 is 0 Å². The number of benzene rings is 3. The van der Waals surface area contributed by atoms with Crippen LogP contribution in [-0.2, 0) is 13.1 Å². The van der Waals surface area contributed by atoms with Crippen molar-refractivity contribution in [2.45, 2.75) is 40.8 Å². The highest BCUT2D eigenvalue weighted by Crippen LogP contribution is 2.26. The zero-order valence-electron chi connectivity index (χ0n) is 28.5. The van der Waals surface area contributed by atoms with Crippen LogP contribution in [0.5, 0.6) is 0 Å². The van der Waals surface area contributed by atoms with E-state index in [0.29, 0.717) is 24.5 Å². The fraction of sp³-hybridized carbons (Fsp3) is 0.150. The van der Waals surface area contributed by atoms with Crippen molar-refractivity contribution in [2.75, 3.05) is 10.6 Å². The number of nitrogens with zero attached hydrogens (tertiary/aromatic N) is 6. The van der Waals surface area contributed by atoms with Gasteiger partial charge in [0.1, 0.15) is 11.4 Å². The van der Waals surface area contributed by atoms with Crippen molar-refractivity contribution in [3.63, 3.8) is 0 Å². The Morgan fingerprint density at radius 1 is 0.580 bits per heavy atom. The highest BCUT2D eigenvalue weighted by atomic mass is 16.1. The molecule has 0 aliphatic heterocycles. The van der Waals surface area contributed by atoms with Crippen LogP contribution >= 0.6 is 0 Å². The fourth-order valence-corrected chi connectivity index (χ4v) is 5.54. The number of pyridine rings is 2. The van der Waals surface area contributed by atoms with E-state index in [4.69, 9.17) is 0 Å². The molecule has 50 heavy (non-hydrogen) atoms. The van der Waals surface area contributed by atoms with Crippen LogP contribution < -0.4 is 21.8 Å². The van der Waals surface area contributed by atoms with Crippen molar-refractivity contribution in [1.82, 2.24) is 29.5 Å². The van der Waals surface area contributed by atoms with Gasteiger partial charge in [0, 0.05) is 47.4 Å². The maximum Gasteiger partial charge on any atom is 0.290 e. The third-order valence-corrected chi connectivity index (χ3v) is 8.05. The average molecular weight is 663 g/mol. The van der Waals surface area contributed by atoms with Gasteiger partial charge in [0.15, 0.2) is 0 Å². The summed E-state index contributed by atoms with van der Waals surface area (Å²) in [7, 11) is 0. The largest absolute Gasteiger partial charge is 0.350 e. The van der Waals surface area contributed by atoms with Crippen LogP contribution in [0, 0.1) is 13.8 Å². The monoisotopic (exact) mass is 662 g/mol. The van der Waals surface area contributed by atoms with Crippen LogP contribution in [0.1, 0.15) is 25.0 Å². The van der Waals surface area contributed by atoms with E-state index < -0.39 is 0 Å². The number of hydrogen-bond acceptors (Lipinski definition) is 8. The molecule has 7 aromatic rings. The first-order valence-electron chi connectivity index (χ1n) is 16.5. The molecule has 0 aliphatic rings.